The Bertz CT molecular complexity index is 1380. The number of aliphatic carboxylic acids is 1. The number of pyridine rings is 1. The molecule has 0 aliphatic heterocycles. The molecule has 2 aromatic carbocycles. The minimum Gasteiger partial charge on any atom is -0.480 e. The molecule has 0 atom stereocenters. The minimum absolute atomic E-state index is 0.0552. The maximum atomic E-state index is 13.6. The van der Waals surface area contributed by atoms with E-state index in [1.54, 1.807) is 24.3 Å². The number of carbonyl (C=O) groups is 2. The molecule has 1 amide bonds. The number of aromatic nitrogens is 1. The lowest BCUT2D eigenvalue weighted by Crippen LogP contribution is -2.30. The number of hydrogen-bond donors (Lipinski definition) is 3. The topological polar surface area (TPSA) is 100 Å². The maximum Gasteiger partial charge on any atom is 0.417 e. The van der Waals surface area contributed by atoms with Crippen LogP contribution in [0, 0.1) is 25.5 Å². The van der Waals surface area contributed by atoms with Crippen LogP contribution in [0.4, 0.5) is 27.6 Å². The van der Waals surface area contributed by atoms with E-state index in [9.17, 15) is 36.3 Å². The van der Waals surface area contributed by atoms with E-state index < -0.39 is 52.9 Å². The number of carbonyl (C=O) groups excluding carboxylic acids is 1. The number of carboxylic acid groups (broad SMARTS) is 1. The fourth-order valence-electron chi connectivity index (χ4n) is 3.53. The number of nitrogens with one attached hydrogen (secondary N) is 2. The fraction of sp³-hybridized carbons (Fsp3) is 0.296. The number of aryl methyl sites for hydroxylation is 1. The smallest absolute Gasteiger partial charge is 0.417 e. The number of amides is 1. The molecule has 0 fully saturated rings. The molecule has 0 saturated carbocycles. The van der Waals surface area contributed by atoms with Crippen LogP contribution in [-0.4, -0.2) is 34.6 Å². The number of benzene rings is 2. The van der Waals surface area contributed by atoms with Gasteiger partial charge in [-0.15, -0.1) is 0 Å². The van der Waals surface area contributed by atoms with Gasteiger partial charge in [-0.2, -0.15) is 13.2 Å². The summed E-state index contributed by atoms with van der Waals surface area (Å²) in [6.07, 6.45) is -3.78. The van der Waals surface area contributed by atoms with Crippen LogP contribution in [0.3, 0.4) is 0 Å². The zero-order valence-corrected chi connectivity index (χ0v) is 21.7. The molecule has 3 N–H and O–H groups in total. The summed E-state index contributed by atoms with van der Waals surface area (Å²) in [7, 11) is 1.47. The van der Waals surface area contributed by atoms with Crippen LogP contribution in [0.2, 0.25) is 0 Å². The Labute approximate surface area is 221 Å². The number of alkyl halides is 3. The van der Waals surface area contributed by atoms with Gasteiger partial charge in [0.2, 0.25) is 0 Å². The van der Waals surface area contributed by atoms with Crippen LogP contribution >= 0.6 is 0 Å². The summed E-state index contributed by atoms with van der Waals surface area (Å²) in [4.78, 5) is 33.3. The Morgan fingerprint density at radius 2 is 1.56 bits per heavy atom. The first-order valence-electron chi connectivity index (χ1n) is 11.7. The standard InChI is InChI=1S/C15H14F3NO.C12H14F2N2O3/c1-9-4-6-11(7-5-9)14-10(2)19(3)13(20)8-12(14)15(16,17)18;1-2-3-15-7-4-8(13)11(9(14)5-7)12(19)16-6-10(17)18/h4-8H,1-3H3;4-5,15H,2-3,6H2,1H3,(H,16,19)(H,17,18). The van der Waals surface area contributed by atoms with Crippen molar-refractivity contribution in [2.75, 3.05) is 18.4 Å². The number of carboxylic acids is 1. The van der Waals surface area contributed by atoms with E-state index in [2.05, 4.69) is 5.32 Å². The Morgan fingerprint density at radius 1 is 1.00 bits per heavy atom. The predicted octanol–water partition coefficient (Wildman–Crippen LogP) is 5.29. The van der Waals surface area contributed by atoms with Crippen molar-refractivity contribution in [3.8, 4) is 11.1 Å². The lowest BCUT2D eigenvalue weighted by molar-refractivity contribution is -0.137. The Kier molecular flexibility index (Phi) is 10.4. The molecule has 0 bridgehead atoms. The Morgan fingerprint density at radius 3 is 2.05 bits per heavy atom. The van der Waals surface area contributed by atoms with Gasteiger partial charge in [-0.3, -0.25) is 14.4 Å². The third-order valence-electron chi connectivity index (χ3n) is 5.63. The van der Waals surface area contributed by atoms with Crippen molar-refractivity contribution in [1.82, 2.24) is 9.88 Å². The largest absolute Gasteiger partial charge is 0.480 e. The highest BCUT2D eigenvalue weighted by atomic mass is 19.4. The first-order valence-corrected chi connectivity index (χ1v) is 11.7. The normalized spacial score (nSPS) is 10.9. The van der Waals surface area contributed by atoms with Crippen LogP contribution in [0.15, 0.2) is 47.3 Å². The van der Waals surface area contributed by atoms with Crippen molar-refractivity contribution in [2.24, 2.45) is 7.05 Å². The van der Waals surface area contributed by atoms with Gasteiger partial charge in [0.1, 0.15) is 23.7 Å². The van der Waals surface area contributed by atoms with Gasteiger partial charge in [0.15, 0.2) is 0 Å². The lowest BCUT2D eigenvalue weighted by Gasteiger charge is -2.17. The molecule has 1 aromatic heterocycles. The van der Waals surface area contributed by atoms with Crippen molar-refractivity contribution in [3.63, 3.8) is 0 Å². The van der Waals surface area contributed by atoms with E-state index in [0.29, 0.717) is 23.9 Å². The Balaban J connectivity index is 0.000000274. The molecule has 0 aliphatic rings. The number of halogens is 5. The van der Waals surface area contributed by atoms with Gasteiger partial charge in [0.25, 0.3) is 11.5 Å². The van der Waals surface area contributed by atoms with Gasteiger partial charge in [0, 0.05) is 36.6 Å². The number of nitrogens with zero attached hydrogens (tertiary/aromatic N) is 1. The van der Waals surface area contributed by atoms with Gasteiger partial charge in [-0.05, 0) is 38.0 Å². The molecule has 0 radical (unpaired) electrons. The molecule has 0 aliphatic carbocycles. The van der Waals surface area contributed by atoms with E-state index in [4.69, 9.17) is 5.11 Å². The van der Waals surface area contributed by atoms with E-state index in [1.807, 2.05) is 19.2 Å². The molecule has 0 saturated heterocycles. The summed E-state index contributed by atoms with van der Waals surface area (Å²) in [6, 6.07) is 9.42. The predicted molar refractivity (Wildman–Crippen MR) is 137 cm³/mol. The molecule has 7 nitrogen and oxygen atoms in total. The SMILES string of the molecule is CCCNc1cc(F)c(C(=O)NCC(=O)O)c(F)c1.Cc1ccc(-c2c(C(F)(F)F)cc(=O)n(C)c2C)cc1. The average molecular weight is 554 g/mol. The second-order valence-electron chi connectivity index (χ2n) is 8.60. The molecule has 12 heteroatoms. The monoisotopic (exact) mass is 553 g/mol. The number of hydrogen-bond acceptors (Lipinski definition) is 4. The van der Waals surface area contributed by atoms with Gasteiger partial charge >= 0.3 is 12.1 Å². The summed E-state index contributed by atoms with van der Waals surface area (Å²) in [5, 5.41) is 13.1. The van der Waals surface area contributed by atoms with Gasteiger partial charge in [0.05, 0.1) is 5.56 Å². The highest BCUT2D eigenvalue weighted by Gasteiger charge is 2.35. The minimum atomic E-state index is -4.56. The second-order valence-corrected chi connectivity index (χ2v) is 8.60. The quantitative estimate of drug-likeness (QED) is 0.346. The van der Waals surface area contributed by atoms with Gasteiger partial charge in [-0.25, -0.2) is 8.78 Å². The highest BCUT2D eigenvalue weighted by Crippen LogP contribution is 2.37. The van der Waals surface area contributed by atoms with Crippen LogP contribution in [-0.2, 0) is 18.0 Å². The fourth-order valence-corrected chi connectivity index (χ4v) is 3.53. The molecule has 0 spiro atoms. The van der Waals surface area contributed by atoms with Gasteiger partial charge < -0.3 is 20.3 Å². The maximum absolute atomic E-state index is 13.6. The highest BCUT2D eigenvalue weighted by molar-refractivity contribution is 5.96. The molecule has 1 heterocycles. The molecule has 39 heavy (non-hydrogen) atoms. The first kappa shape index (κ1) is 31.0. The van der Waals surface area contributed by atoms with Crippen LogP contribution in [0.5, 0.6) is 0 Å². The molecule has 3 rings (SSSR count). The summed E-state index contributed by atoms with van der Waals surface area (Å²) in [5.74, 6) is -4.47. The van der Waals surface area contributed by atoms with Crippen molar-refractivity contribution in [3.05, 3.63) is 86.8 Å². The number of rotatable bonds is 7. The van der Waals surface area contributed by atoms with Crippen molar-refractivity contribution >= 4 is 17.6 Å². The molecular formula is C27H28F5N3O4. The summed E-state index contributed by atoms with van der Waals surface area (Å²) in [5.41, 5.74) is -0.336. The van der Waals surface area contributed by atoms with Crippen molar-refractivity contribution < 1.29 is 36.6 Å². The average Bonchev–Trinajstić information content (AvgIpc) is 2.84. The van der Waals surface area contributed by atoms with Gasteiger partial charge in [-0.1, -0.05) is 36.8 Å². The second kappa shape index (κ2) is 13.0. The molecule has 210 valence electrons. The zero-order chi connectivity index (χ0) is 29.5. The summed E-state index contributed by atoms with van der Waals surface area (Å²) in [6.45, 7) is 5.12. The molecule has 3 aromatic rings. The summed E-state index contributed by atoms with van der Waals surface area (Å²) >= 11 is 0. The van der Waals surface area contributed by atoms with E-state index in [0.717, 1.165) is 24.1 Å². The third kappa shape index (κ3) is 8.13. The number of anilines is 1. The van der Waals surface area contributed by atoms with Crippen LogP contribution < -0.4 is 16.2 Å². The summed E-state index contributed by atoms with van der Waals surface area (Å²) < 4.78 is 67.9. The van der Waals surface area contributed by atoms with E-state index in [1.165, 1.54) is 18.5 Å². The first-order chi connectivity index (χ1) is 18.2. The molecular weight excluding hydrogens is 525 g/mol. The third-order valence-corrected chi connectivity index (χ3v) is 5.63. The van der Waals surface area contributed by atoms with Crippen LogP contribution in [0.25, 0.3) is 11.1 Å². The van der Waals surface area contributed by atoms with Crippen molar-refractivity contribution in [1.29, 1.82) is 0 Å². The zero-order valence-electron chi connectivity index (χ0n) is 21.7. The lowest BCUT2D eigenvalue weighted by atomic mass is 9.97. The van der Waals surface area contributed by atoms with E-state index in [-0.39, 0.29) is 11.3 Å². The van der Waals surface area contributed by atoms with E-state index >= 15 is 0 Å². The Hall–Kier alpha value is -4.22. The van der Waals surface area contributed by atoms with Crippen LogP contribution in [0.1, 0.15) is 40.5 Å². The van der Waals surface area contributed by atoms with Crippen molar-refractivity contribution in [2.45, 2.75) is 33.4 Å². The molecule has 0 unspecified atom stereocenters.